The van der Waals surface area contributed by atoms with Crippen LogP contribution < -0.4 is 5.32 Å². The first kappa shape index (κ1) is 14.9. The Morgan fingerprint density at radius 2 is 2.19 bits per heavy atom. The van der Waals surface area contributed by atoms with E-state index >= 15 is 0 Å². The first-order chi connectivity index (χ1) is 10.2. The molecule has 1 aliphatic rings. The summed E-state index contributed by atoms with van der Waals surface area (Å²) in [6.07, 6.45) is 4.00. The topological polar surface area (TPSA) is 29.9 Å². The SMILES string of the molecule is CCSC1CCCC1NC(C)c1nc2ccccc2n1C. The second-order valence-electron chi connectivity index (χ2n) is 5.94. The summed E-state index contributed by atoms with van der Waals surface area (Å²) in [5.41, 5.74) is 2.31. The van der Waals surface area contributed by atoms with E-state index in [-0.39, 0.29) is 0 Å². The zero-order chi connectivity index (χ0) is 14.8. The minimum absolute atomic E-state index is 0.297. The molecule has 0 amide bonds. The van der Waals surface area contributed by atoms with Gasteiger partial charge in [0.05, 0.1) is 17.1 Å². The number of para-hydroxylation sites is 2. The summed E-state index contributed by atoms with van der Waals surface area (Å²) in [5, 5.41) is 4.60. The van der Waals surface area contributed by atoms with Crippen molar-refractivity contribution >= 4 is 22.8 Å². The highest BCUT2D eigenvalue weighted by Gasteiger charge is 2.29. The summed E-state index contributed by atoms with van der Waals surface area (Å²) in [6, 6.07) is 9.30. The number of aryl methyl sites for hydroxylation is 1. The van der Waals surface area contributed by atoms with E-state index in [0.29, 0.717) is 12.1 Å². The second kappa shape index (κ2) is 6.41. The molecule has 0 aliphatic heterocycles. The summed E-state index contributed by atoms with van der Waals surface area (Å²) in [7, 11) is 2.12. The summed E-state index contributed by atoms with van der Waals surface area (Å²) in [4.78, 5) is 4.82. The number of fused-ring (bicyclic) bond motifs is 1. The molecule has 1 heterocycles. The third-order valence-corrected chi connectivity index (χ3v) is 5.83. The van der Waals surface area contributed by atoms with Crippen LogP contribution >= 0.6 is 11.8 Å². The lowest BCUT2D eigenvalue weighted by Gasteiger charge is -2.24. The molecule has 2 aromatic rings. The van der Waals surface area contributed by atoms with Gasteiger partial charge in [-0.25, -0.2) is 4.98 Å². The van der Waals surface area contributed by atoms with Gasteiger partial charge in [0, 0.05) is 18.3 Å². The smallest absolute Gasteiger partial charge is 0.126 e. The highest BCUT2D eigenvalue weighted by molar-refractivity contribution is 7.99. The molecule has 1 aromatic heterocycles. The van der Waals surface area contributed by atoms with Gasteiger partial charge >= 0.3 is 0 Å². The summed E-state index contributed by atoms with van der Waals surface area (Å²) in [5.74, 6) is 2.35. The third kappa shape index (κ3) is 2.97. The fourth-order valence-corrected chi connectivity index (χ4v) is 4.69. The van der Waals surface area contributed by atoms with Gasteiger partial charge in [0.2, 0.25) is 0 Å². The van der Waals surface area contributed by atoms with Crippen molar-refractivity contribution in [2.45, 2.75) is 50.4 Å². The Hall–Kier alpha value is -1.00. The molecule has 1 saturated carbocycles. The van der Waals surface area contributed by atoms with Crippen molar-refractivity contribution < 1.29 is 0 Å². The van der Waals surface area contributed by atoms with Crippen LogP contribution in [0.5, 0.6) is 0 Å². The van der Waals surface area contributed by atoms with Crippen molar-refractivity contribution in [1.82, 2.24) is 14.9 Å². The Morgan fingerprint density at radius 1 is 1.38 bits per heavy atom. The maximum atomic E-state index is 4.82. The molecule has 1 aromatic carbocycles. The Bertz CT molecular complexity index is 607. The molecule has 3 atom stereocenters. The molecule has 3 nitrogen and oxygen atoms in total. The van der Waals surface area contributed by atoms with Gasteiger partial charge in [-0.1, -0.05) is 25.5 Å². The van der Waals surface area contributed by atoms with Gasteiger partial charge in [-0.15, -0.1) is 0 Å². The van der Waals surface area contributed by atoms with Gasteiger partial charge in [0.1, 0.15) is 5.82 Å². The van der Waals surface area contributed by atoms with Gasteiger partial charge in [-0.3, -0.25) is 0 Å². The second-order valence-corrected chi connectivity index (χ2v) is 7.45. The first-order valence-electron chi connectivity index (χ1n) is 7.99. The fourth-order valence-electron chi connectivity index (χ4n) is 3.48. The van der Waals surface area contributed by atoms with E-state index < -0.39 is 0 Å². The maximum Gasteiger partial charge on any atom is 0.126 e. The van der Waals surface area contributed by atoms with E-state index in [1.54, 1.807) is 0 Å². The number of imidazole rings is 1. The van der Waals surface area contributed by atoms with Crippen LogP contribution in [0.25, 0.3) is 11.0 Å². The molecule has 4 heteroatoms. The molecule has 1 fully saturated rings. The van der Waals surface area contributed by atoms with Crippen LogP contribution in [0.15, 0.2) is 24.3 Å². The lowest BCUT2D eigenvalue weighted by molar-refractivity contribution is 0.446. The molecule has 0 spiro atoms. The van der Waals surface area contributed by atoms with Gasteiger partial charge in [-0.2, -0.15) is 11.8 Å². The van der Waals surface area contributed by atoms with Crippen LogP contribution in [0.4, 0.5) is 0 Å². The lowest BCUT2D eigenvalue weighted by Crippen LogP contribution is -2.37. The van der Waals surface area contributed by atoms with Crippen molar-refractivity contribution in [3.05, 3.63) is 30.1 Å². The van der Waals surface area contributed by atoms with Crippen LogP contribution in [0.1, 0.15) is 45.0 Å². The lowest BCUT2D eigenvalue weighted by atomic mass is 10.2. The van der Waals surface area contributed by atoms with Gasteiger partial charge in [0.15, 0.2) is 0 Å². The van der Waals surface area contributed by atoms with Crippen molar-refractivity contribution in [2.75, 3.05) is 5.75 Å². The summed E-state index contributed by atoms with van der Waals surface area (Å²) in [6.45, 7) is 4.50. The van der Waals surface area contributed by atoms with E-state index in [1.807, 2.05) is 0 Å². The van der Waals surface area contributed by atoms with E-state index in [9.17, 15) is 0 Å². The Labute approximate surface area is 131 Å². The largest absolute Gasteiger partial charge is 0.330 e. The van der Waals surface area contributed by atoms with Crippen molar-refractivity contribution in [2.24, 2.45) is 7.05 Å². The summed E-state index contributed by atoms with van der Waals surface area (Å²) >= 11 is 2.10. The average Bonchev–Trinajstić information content (AvgIpc) is 3.05. The molecule has 0 bridgehead atoms. The van der Waals surface area contributed by atoms with Crippen molar-refractivity contribution in [1.29, 1.82) is 0 Å². The van der Waals surface area contributed by atoms with Crippen LogP contribution in [0.3, 0.4) is 0 Å². The zero-order valence-electron chi connectivity index (χ0n) is 13.2. The van der Waals surface area contributed by atoms with Crippen molar-refractivity contribution in [3.63, 3.8) is 0 Å². The number of hydrogen-bond donors (Lipinski definition) is 1. The van der Waals surface area contributed by atoms with Gasteiger partial charge in [-0.05, 0) is 37.7 Å². The van der Waals surface area contributed by atoms with Crippen molar-refractivity contribution in [3.8, 4) is 0 Å². The van der Waals surface area contributed by atoms with Gasteiger partial charge in [0.25, 0.3) is 0 Å². The minimum Gasteiger partial charge on any atom is -0.330 e. The number of rotatable bonds is 5. The standard InChI is InChI=1S/C17H25N3S/c1-4-21-16-11-7-9-14(16)18-12(2)17-19-13-8-5-6-10-15(13)20(17)3/h5-6,8,10,12,14,16,18H,4,7,9,11H2,1-3H3. The monoisotopic (exact) mass is 303 g/mol. The first-order valence-corrected chi connectivity index (χ1v) is 9.04. The predicted molar refractivity (Wildman–Crippen MR) is 91.8 cm³/mol. The Kier molecular flexibility index (Phi) is 4.55. The quantitative estimate of drug-likeness (QED) is 0.908. The third-order valence-electron chi connectivity index (χ3n) is 4.51. The predicted octanol–water partition coefficient (Wildman–Crippen LogP) is 3.90. The zero-order valence-corrected chi connectivity index (χ0v) is 14.0. The van der Waals surface area contributed by atoms with E-state index in [2.05, 4.69) is 66.8 Å². The summed E-state index contributed by atoms with van der Waals surface area (Å²) < 4.78 is 2.23. The van der Waals surface area contributed by atoms with Crippen LogP contribution in [-0.2, 0) is 7.05 Å². The number of hydrogen-bond acceptors (Lipinski definition) is 3. The molecule has 1 aliphatic carbocycles. The van der Waals surface area contributed by atoms with E-state index in [4.69, 9.17) is 4.98 Å². The Morgan fingerprint density at radius 3 is 2.95 bits per heavy atom. The number of thioether (sulfide) groups is 1. The minimum atomic E-state index is 0.297. The Balaban J connectivity index is 1.77. The van der Waals surface area contributed by atoms with Gasteiger partial charge < -0.3 is 9.88 Å². The highest BCUT2D eigenvalue weighted by Crippen LogP contribution is 2.31. The molecule has 114 valence electrons. The van der Waals surface area contributed by atoms with Crippen LogP contribution in [0.2, 0.25) is 0 Å². The molecule has 0 radical (unpaired) electrons. The van der Waals surface area contributed by atoms with E-state index in [0.717, 1.165) is 16.6 Å². The normalized spacial score (nSPS) is 23.8. The van der Waals surface area contributed by atoms with E-state index in [1.165, 1.54) is 30.5 Å². The molecule has 3 unspecified atom stereocenters. The number of nitrogens with zero attached hydrogens (tertiary/aromatic N) is 2. The molecule has 0 saturated heterocycles. The maximum absolute atomic E-state index is 4.82. The molecular weight excluding hydrogens is 278 g/mol. The molecular formula is C17H25N3S. The number of benzene rings is 1. The average molecular weight is 303 g/mol. The number of aromatic nitrogens is 2. The van der Waals surface area contributed by atoms with Crippen LogP contribution in [0, 0.1) is 0 Å². The number of nitrogens with one attached hydrogen (secondary N) is 1. The molecule has 1 N–H and O–H groups in total. The molecule has 21 heavy (non-hydrogen) atoms. The fraction of sp³-hybridized carbons (Fsp3) is 0.588. The highest BCUT2D eigenvalue weighted by atomic mass is 32.2. The molecule has 3 rings (SSSR count). The van der Waals surface area contributed by atoms with Crippen LogP contribution in [-0.4, -0.2) is 26.6 Å².